The zero-order chi connectivity index (χ0) is 12.0. The minimum Gasteiger partial charge on any atom is -0.384 e. The summed E-state index contributed by atoms with van der Waals surface area (Å²) in [5.41, 5.74) is 10.5. The predicted octanol–water partition coefficient (Wildman–Crippen LogP) is 2.20. The molecule has 0 unspecified atom stereocenters. The van der Waals surface area contributed by atoms with Crippen LogP contribution in [0.4, 0.5) is 11.6 Å². The molecule has 0 atom stereocenters. The molecule has 4 N–H and O–H groups in total. The van der Waals surface area contributed by atoms with E-state index in [2.05, 4.69) is 4.98 Å². The summed E-state index contributed by atoms with van der Waals surface area (Å²) in [6.07, 6.45) is 0. The van der Waals surface area contributed by atoms with Gasteiger partial charge in [-0.1, -0.05) is 12.1 Å². The van der Waals surface area contributed by atoms with Gasteiger partial charge in [0, 0.05) is 0 Å². The van der Waals surface area contributed by atoms with Crippen molar-refractivity contribution >= 4 is 28.8 Å². The molecule has 4 nitrogen and oxygen atoms in total. The van der Waals surface area contributed by atoms with E-state index in [1.807, 2.05) is 17.5 Å². The standard InChI is InChI=1S/C6H6OS.C5H7N3/c1-5(7)6-3-2-4-8-6;6-4-2-1-3-5(7)8-4/h2-4H,1H3;1-3H,(H4,6,7,8). The number of carbonyl (C=O) groups excluding carboxylic acids is 1. The van der Waals surface area contributed by atoms with E-state index in [1.54, 1.807) is 25.1 Å². The van der Waals surface area contributed by atoms with Gasteiger partial charge in [0.05, 0.1) is 4.88 Å². The number of Topliss-reactive ketones (excluding diaryl/α,β-unsaturated/α-hetero) is 1. The fourth-order valence-corrected chi connectivity index (χ4v) is 1.57. The summed E-state index contributed by atoms with van der Waals surface area (Å²) in [6, 6.07) is 8.85. The number of anilines is 2. The molecule has 2 heterocycles. The Morgan fingerprint density at radius 2 is 1.81 bits per heavy atom. The minimum atomic E-state index is 0.153. The molecule has 0 fully saturated rings. The number of nitrogens with zero attached hydrogens (tertiary/aromatic N) is 1. The highest BCUT2D eigenvalue weighted by Crippen LogP contribution is 2.07. The van der Waals surface area contributed by atoms with Crippen LogP contribution in [0.15, 0.2) is 35.7 Å². The zero-order valence-corrected chi connectivity index (χ0v) is 9.70. The maximum absolute atomic E-state index is 10.5. The van der Waals surface area contributed by atoms with Gasteiger partial charge in [-0.15, -0.1) is 11.3 Å². The minimum absolute atomic E-state index is 0.153. The van der Waals surface area contributed by atoms with E-state index in [0.717, 1.165) is 4.88 Å². The monoisotopic (exact) mass is 235 g/mol. The maximum Gasteiger partial charge on any atom is 0.169 e. The number of thiophene rings is 1. The number of nitrogen functional groups attached to an aromatic ring is 2. The first-order chi connectivity index (χ1) is 7.59. The van der Waals surface area contributed by atoms with Gasteiger partial charge in [0.25, 0.3) is 0 Å². The first kappa shape index (κ1) is 12.2. The lowest BCUT2D eigenvalue weighted by atomic mass is 10.4. The van der Waals surface area contributed by atoms with Crippen molar-refractivity contribution < 1.29 is 4.79 Å². The summed E-state index contributed by atoms with van der Waals surface area (Å²) in [4.78, 5) is 15.1. The second kappa shape index (κ2) is 5.87. The van der Waals surface area contributed by atoms with Crippen molar-refractivity contribution in [2.75, 3.05) is 11.5 Å². The summed E-state index contributed by atoms with van der Waals surface area (Å²) >= 11 is 1.48. The molecule has 0 radical (unpaired) electrons. The van der Waals surface area contributed by atoms with Crippen molar-refractivity contribution in [2.24, 2.45) is 0 Å². The number of hydrogen-bond donors (Lipinski definition) is 2. The Morgan fingerprint density at radius 3 is 2.06 bits per heavy atom. The number of nitrogens with two attached hydrogens (primary N) is 2. The second-order valence-corrected chi connectivity index (χ2v) is 3.97. The smallest absolute Gasteiger partial charge is 0.169 e. The molecule has 5 heteroatoms. The Kier molecular flexibility index (Phi) is 4.47. The molecule has 0 aliphatic carbocycles. The van der Waals surface area contributed by atoms with Crippen molar-refractivity contribution in [1.82, 2.24) is 4.98 Å². The van der Waals surface area contributed by atoms with E-state index >= 15 is 0 Å². The van der Waals surface area contributed by atoms with Crippen LogP contribution in [-0.4, -0.2) is 10.8 Å². The lowest BCUT2D eigenvalue weighted by Crippen LogP contribution is -1.93. The number of hydrogen-bond acceptors (Lipinski definition) is 5. The molecule has 84 valence electrons. The SMILES string of the molecule is CC(=O)c1cccs1.Nc1cccc(N)n1. The molecule has 0 aliphatic rings. The molecule has 0 bridgehead atoms. The summed E-state index contributed by atoms with van der Waals surface area (Å²) in [6.45, 7) is 1.58. The highest BCUT2D eigenvalue weighted by Gasteiger charge is 1.95. The Hall–Kier alpha value is -1.88. The normalized spacial score (nSPS) is 9.06. The van der Waals surface area contributed by atoms with E-state index < -0.39 is 0 Å². The molecule has 2 aromatic heterocycles. The number of aromatic nitrogens is 1. The fraction of sp³-hybridized carbons (Fsp3) is 0.0909. The van der Waals surface area contributed by atoms with Crippen molar-refractivity contribution in [3.8, 4) is 0 Å². The van der Waals surface area contributed by atoms with E-state index in [9.17, 15) is 4.79 Å². The van der Waals surface area contributed by atoms with Crippen LogP contribution in [0.5, 0.6) is 0 Å². The topological polar surface area (TPSA) is 82.0 Å². The highest BCUT2D eigenvalue weighted by molar-refractivity contribution is 7.12. The second-order valence-electron chi connectivity index (χ2n) is 3.02. The fourth-order valence-electron chi connectivity index (χ4n) is 0.948. The van der Waals surface area contributed by atoms with E-state index in [1.165, 1.54) is 11.3 Å². The third kappa shape index (κ3) is 4.10. The molecule has 0 saturated carbocycles. The van der Waals surface area contributed by atoms with Gasteiger partial charge in [-0.2, -0.15) is 0 Å². The summed E-state index contributed by atoms with van der Waals surface area (Å²) in [5.74, 6) is 1.08. The quantitative estimate of drug-likeness (QED) is 0.742. The molecular formula is C11H13N3OS. The lowest BCUT2D eigenvalue weighted by Gasteiger charge is -1.90. The Bertz CT molecular complexity index is 437. The van der Waals surface area contributed by atoms with Gasteiger partial charge in [-0.05, 0) is 30.5 Å². The van der Waals surface area contributed by atoms with Gasteiger partial charge in [0.15, 0.2) is 5.78 Å². The van der Waals surface area contributed by atoms with E-state index in [4.69, 9.17) is 11.5 Å². The number of rotatable bonds is 1. The van der Waals surface area contributed by atoms with Crippen LogP contribution >= 0.6 is 11.3 Å². The zero-order valence-electron chi connectivity index (χ0n) is 8.88. The van der Waals surface area contributed by atoms with Crippen molar-refractivity contribution in [3.05, 3.63) is 40.6 Å². The third-order valence-electron chi connectivity index (χ3n) is 1.66. The van der Waals surface area contributed by atoms with Crippen LogP contribution < -0.4 is 11.5 Å². The number of ketones is 1. The first-order valence-corrected chi connectivity index (χ1v) is 5.50. The molecular weight excluding hydrogens is 222 g/mol. The molecule has 0 saturated heterocycles. The average molecular weight is 235 g/mol. The summed E-state index contributed by atoms with van der Waals surface area (Å²) < 4.78 is 0. The van der Waals surface area contributed by atoms with Crippen LogP contribution in [0.3, 0.4) is 0 Å². The maximum atomic E-state index is 10.5. The Labute approximate surface area is 97.9 Å². The average Bonchev–Trinajstić information content (AvgIpc) is 2.70. The highest BCUT2D eigenvalue weighted by atomic mass is 32.1. The van der Waals surface area contributed by atoms with Gasteiger partial charge < -0.3 is 11.5 Å². The van der Waals surface area contributed by atoms with Crippen LogP contribution in [0.25, 0.3) is 0 Å². The molecule has 0 spiro atoms. The van der Waals surface area contributed by atoms with Gasteiger partial charge in [0.1, 0.15) is 11.6 Å². The van der Waals surface area contributed by atoms with Crippen molar-refractivity contribution in [3.63, 3.8) is 0 Å². The molecule has 0 aromatic carbocycles. The largest absolute Gasteiger partial charge is 0.384 e. The summed E-state index contributed by atoms with van der Waals surface area (Å²) in [7, 11) is 0. The van der Waals surface area contributed by atoms with Gasteiger partial charge in [-0.25, -0.2) is 4.98 Å². The lowest BCUT2D eigenvalue weighted by molar-refractivity contribution is 0.102. The molecule has 16 heavy (non-hydrogen) atoms. The first-order valence-electron chi connectivity index (χ1n) is 4.62. The third-order valence-corrected chi connectivity index (χ3v) is 2.63. The molecule has 0 aliphatic heterocycles. The van der Waals surface area contributed by atoms with Crippen molar-refractivity contribution in [1.29, 1.82) is 0 Å². The van der Waals surface area contributed by atoms with Crippen LogP contribution in [0.2, 0.25) is 0 Å². The van der Waals surface area contributed by atoms with Gasteiger partial charge in [-0.3, -0.25) is 4.79 Å². The van der Waals surface area contributed by atoms with E-state index in [-0.39, 0.29) is 5.78 Å². The number of carbonyl (C=O) groups is 1. The molecule has 2 aromatic rings. The van der Waals surface area contributed by atoms with Crippen LogP contribution in [-0.2, 0) is 0 Å². The Morgan fingerprint density at radius 1 is 1.19 bits per heavy atom. The van der Waals surface area contributed by atoms with E-state index in [0.29, 0.717) is 11.6 Å². The van der Waals surface area contributed by atoms with Gasteiger partial charge in [0.2, 0.25) is 0 Å². The molecule has 0 amide bonds. The van der Waals surface area contributed by atoms with Gasteiger partial charge >= 0.3 is 0 Å². The number of pyridine rings is 1. The Balaban J connectivity index is 0.000000160. The van der Waals surface area contributed by atoms with Crippen LogP contribution in [0.1, 0.15) is 16.6 Å². The molecule has 2 rings (SSSR count). The van der Waals surface area contributed by atoms with Crippen molar-refractivity contribution in [2.45, 2.75) is 6.92 Å². The summed E-state index contributed by atoms with van der Waals surface area (Å²) in [5, 5.41) is 1.90. The van der Waals surface area contributed by atoms with Crippen LogP contribution in [0, 0.1) is 0 Å². The predicted molar refractivity (Wildman–Crippen MR) is 67.4 cm³/mol.